The lowest BCUT2D eigenvalue weighted by Gasteiger charge is -2.07. The van der Waals surface area contributed by atoms with Crippen LogP contribution in [0, 0.1) is 6.92 Å². The van der Waals surface area contributed by atoms with Gasteiger partial charge in [-0.3, -0.25) is 9.59 Å². The van der Waals surface area contributed by atoms with Crippen LogP contribution >= 0.6 is 0 Å². The van der Waals surface area contributed by atoms with E-state index in [0.29, 0.717) is 12.0 Å². The minimum Gasteiger partial charge on any atom is -0.355 e. The predicted molar refractivity (Wildman–Crippen MR) is 80.8 cm³/mol. The largest absolute Gasteiger partial charge is 0.355 e. The van der Waals surface area contributed by atoms with Crippen LogP contribution in [0.2, 0.25) is 0 Å². The number of carbonyl (C=O) groups is 2. The number of rotatable bonds is 7. The minimum atomic E-state index is -3.01. The number of aryl methyl sites for hydroxylation is 1. The summed E-state index contributed by atoms with van der Waals surface area (Å²) in [4.78, 5) is 23.3. The van der Waals surface area contributed by atoms with Crippen molar-refractivity contribution in [1.29, 1.82) is 0 Å². The van der Waals surface area contributed by atoms with Crippen LogP contribution in [0.15, 0.2) is 24.3 Å². The highest BCUT2D eigenvalue weighted by molar-refractivity contribution is 7.90. The fraction of sp³-hybridized carbons (Fsp3) is 0.429. The zero-order valence-electron chi connectivity index (χ0n) is 12.2. The van der Waals surface area contributed by atoms with E-state index in [4.69, 9.17) is 0 Å². The molecule has 1 aromatic carbocycles. The molecule has 2 N–H and O–H groups in total. The molecule has 7 heteroatoms. The molecule has 1 aromatic rings. The van der Waals surface area contributed by atoms with E-state index in [0.717, 1.165) is 11.8 Å². The van der Waals surface area contributed by atoms with Crippen molar-refractivity contribution in [3.05, 3.63) is 35.4 Å². The molecule has 0 aliphatic rings. The lowest BCUT2D eigenvalue weighted by Crippen LogP contribution is -2.37. The van der Waals surface area contributed by atoms with E-state index in [1.807, 2.05) is 13.0 Å². The molecule has 1 rings (SSSR count). The van der Waals surface area contributed by atoms with Gasteiger partial charge in [0.25, 0.3) is 5.91 Å². The fourth-order valence-electron chi connectivity index (χ4n) is 1.67. The van der Waals surface area contributed by atoms with E-state index in [1.165, 1.54) is 0 Å². The standard InChI is InChI=1S/C14H20N2O4S/c1-11-5-3-6-12(9-11)14(18)16-10-13(17)15-7-4-8-21(2,19)20/h3,5-6,9H,4,7-8,10H2,1-2H3,(H,15,17)(H,16,18). The smallest absolute Gasteiger partial charge is 0.251 e. The van der Waals surface area contributed by atoms with E-state index in [-0.39, 0.29) is 30.7 Å². The van der Waals surface area contributed by atoms with E-state index >= 15 is 0 Å². The zero-order valence-corrected chi connectivity index (χ0v) is 13.0. The van der Waals surface area contributed by atoms with Gasteiger partial charge in [0.1, 0.15) is 9.84 Å². The van der Waals surface area contributed by atoms with Crippen molar-refractivity contribution >= 4 is 21.7 Å². The molecule has 0 aromatic heterocycles. The Morgan fingerprint density at radius 2 is 1.90 bits per heavy atom. The zero-order chi connectivity index (χ0) is 15.9. The molecule has 0 saturated carbocycles. The summed E-state index contributed by atoms with van der Waals surface area (Å²) in [6, 6.07) is 7.06. The Morgan fingerprint density at radius 3 is 2.52 bits per heavy atom. The van der Waals surface area contributed by atoms with Crippen molar-refractivity contribution < 1.29 is 18.0 Å². The number of amides is 2. The highest BCUT2D eigenvalue weighted by Gasteiger charge is 2.08. The lowest BCUT2D eigenvalue weighted by atomic mass is 10.1. The van der Waals surface area contributed by atoms with E-state index in [1.54, 1.807) is 18.2 Å². The van der Waals surface area contributed by atoms with Gasteiger partial charge in [-0.1, -0.05) is 17.7 Å². The normalized spacial score (nSPS) is 11.0. The molecule has 0 spiro atoms. The summed E-state index contributed by atoms with van der Waals surface area (Å²) in [5.74, 6) is -0.627. The molecule has 0 fully saturated rings. The first kappa shape index (κ1) is 17.2. The summed E-state index contributed by atoms with van der Waals surface area (Å²) in [5.41, 5.74) is 1.47. The molecule has 0 atom stereocenters. The summed E-state index contributed by atoms with van der Waals surface area (Å²) in [7, 11) is -3.01. The van der Waals surface area contributed by atoms with Gasteiger partial charge in [-0.05, 0) is 25.5 Å². The summed E-state index contributed by atoms with van der Waals surface area (Å²) in [5, 5.41) is 5.07. The number of nitrogens with one attached hydrogen (secondary N) is 2. The summed E-state index contributed by atoms with van der Waals surface area (Å²) < 4.78 is 21.8. The van der Waals surface area contributed by atoms with Crippen molar-refractivity contribution in [2.45, 2.75) is 13.3 Å². The molecule has 116 valence electrons. The molecule has 0 aliphatic carbocycles. The third kappa shape index (κ3) is 7.45. The fourth-order valence-corrected chi connectivity index (χ4v) is 2.34. The van der Waals surface area contributed by atoms with Gasteiger partial charge in [-0.2, -0.15) is 0 Å². The first-order valence-corrected chi connectivity index (χ1v) is 8.63. The Bertz CT molecular complexity index is 611. The molecule has 0 heterocycles. The number of hydrogen-bond donors (Lipinski definition) is 2. The average molecular weight is 312 g/mol. The van der Waals surface area contributed by atoms with Gasteiger partial charge in [0.2, 0.25) is 5.91 Å². The Labute approximate surface area is 124 Å². The molecule has 6 nitrogen and oxygen atoms in total. The van der Waals surface area contributed by atoms with E-state index < -0.39 is 9.84 Å². The van der Waals surface area contributed by atoms with E-state index in [2.05, 4.69) is 10.6 Å². The van der Waals surface area contributed by atoms with Crippen molar-refractivity contribution in [1.82, 2.24) is 10.6 Å². The summed E-state index contributed by atoms with van der Waals surface area (Å²) in [6.45, 7) is 2.02. The number of hydrogen-bond acceptors (Lipinski definition) is 4. The monoisotopic (exact) mass is 312 g/mol. The molecule has 2 amide bonds. The third-order valence-corrected chi connectivity index (χ3v) is 3.73. The first-order valence-electron chi connectivity index (χ1n) is 6.57. The van der Waals surface area contributed by atoms with E-state index in [9.17, 15) is 18.0 Å². The Morgan fingerprint density at radius 1 is 1.19 bits per heavy atom. The SMILES string of the molecule is Cc1cccc(C(=O)NCC(=O)NCCCS(C)(=O)=O)c1. The van der Waals surface area contributed by atoms with Crippen molar-refractivity contribution in [2.75, 3.05) is 25.1 Å². The average Bonchev–Trinajstić information content (AvgIpc) is 2.40. The molecule has 0 unspecified atom stereocenters. The van der Waals surface area contributed by atoms with Crippen LogP contribution in [0.25, 0.3) is 0 Å². The number of sulfone groups is 1. The molecular weight excluding hydrogens is 292 g/mol. The molecular formula is C14H20N2O4S. The highest BCUT2D eigenvalue weighted by Crippen LogP contribution is 2.03. The summed E-state index contributed by atoms with van der Waals surface area (Å²) >= 11 is 0. The third-order valence-electron chi connectivity index (χ3n) is 2.70. The molecule has 21 heavy (non-hydrogen) atoms. The van der Waals surface area contributed by atoms with Crippen LogP contribution in [0.4, 0.5) is 0 Å². The van der Waals surface area contributed by atoms with Crippen LogP contribution in [-0.4, -0.2) is 45.3 Å². The van der Waals surface area contributed by atoms with Crippen LogP contribution in [-0.2, 0) is 14.6 Å². The molecule has 0 saturated heterocycles. The van der Waals surface area contributed by atoms with Crippen molar-refractivity contribution in [3.63, 3.8) is 0 Å². The Balaban J connectivity index is 2.28. The second kappa shape index (κ2) is 7.78. The van der Waals surface area contributed by atoms with Crippen molar-refractivity contribution in [3.8, 4) is 0 Å². The second-order valence-electron chi connectivity index (χ2n) is 4.89. The lowest BCUT2D eigenvalue weighted by molar-refractivity contribution is -0.120. The maximum atomic E-state index is 11.8. The van der Waals surface area contributed by atoms with Crippen molar-refractivity contribution in [2.24, 2.45) is 0 Å². The highest BCUT2D eigenvalue weighted by atomic mass is 32.2. The first-order chi connectivity index (χ1) is 9.78. The summed E-state index contributed by atoms with van der Waals surface area (Å²) in [6.07, 6.45) is 1.51. The second-order valence-corrected chi connectivity index (χ2v) is 7.15. The maximum absolute atomic E-state index is 11.8. The molecule has 0 radical (unpaired) electrons. The van der Waals surface area contributed by atoms with Gasteiger partial charge >= 0.3 is 0 Å². The Hall–Kier alpha value is -1.89. The van der Waals surface area contributed by atoms with Gasteiger partial charge in [0.15, 0.2) is 0 Å². The Kier molecular flexibility index (Phi) is 6.36. The van der Waals surface area contributed by atoms with Gasteiger partial charge in [-0.25, -0.2) is 8.42 Å². The van der Waals surface area contributed by atoms with Gasteiger partial charge in [0, 0.05) is 18.4 Å². The maximum Gasteiger partial charge on any atom is 0.251 e. The molecule has 0 aliphatic heterocycles. The molecule has 0 bridgehead atoms. The minimum absolute atomic E-state index is 0.0307. The van der Waals surface area contributed by atoms with Crippen LogP contribution in [0.5, 0.6) is 0 Å². The van der Waals surface area contributed by atoms with Crippen LogP contribution in [0.1, 0.15) is 22.3 Å². The van der Waals surface area contributed by atoms with Gasteiger partial charge in [-0.15, -0.1) is 0 Å². The number of carbonyl (C=O) groups excluding carboxylic acids is 2. The van der Waals surface area contributed by atoms with Crippen LogP contribution < -0.4 is 10.6 Å². The predicted octanol–water partition coefficient (Wildman–Crippen LogP) is 0.276. The van der Waals surface area contributed by atoms with Gasteiger partial charge < -0.3 is 10.6 Å². The topological polar surface area (TPSA) is 92.3 Å². The quantitative estimate of drug-likeness (QED) is 0.707. The van der Waals surface area contributed by atoms with Crippen LogP contribution in [0.3, 0.4) is 0 Å². The number of benzene rings is 1. The van der Waals surface area contributed by atoms with Gasteiger partial charge in [0.05, 0.1) is 12.3 Å².